The van der Waals surface area contributed by atoms with Gasteiger partial charge in [0.2, 0.25) is 5.89 Å². The van der Waals surface area contributed by atoms with Crippen LogP contribution in [0.4, 0.5) is 0 Å². The highest BCUT2D eigenvalue weighted by atomic mass is 16.5. The molecule has 1 aromatic heterocycles. The lowest BCUT2D eigenvalue weighted by atomic mass is 9.78. The van der Waals surface area contributed by atoms with E-state index in [9.17, 15) is 0 Å². The van der Waals surface area contributed by atoms with Crippen LogP contribution in [0.3, 0.4) is 0 Å². The minimum atomic E-state index is 0.144. The van der Waals surface area contributed by atoms with Gasteiger partial charge in [0.25, 0.3) is 0 Å². The van der Waals surface area contributed by atoms with Gasteiger partial charge in [-0.25, -0.2) is 0 Å². The third-order valence-electron chi connectivity index (χ3n) is 4.03. The fourth-order valence-electron chi connectivity index (χ4n) is 3.03. The summed E-state index contributed by atoms with van der Waals surface area (Å²) in [6.07, 6.45) is 2.56. The smallest absolute Gasteiger partial charge is 0.246 e. The van der Waals surface area contributed by atoms with E-state index in [1.54, 1.807) is 14.0 Å². The first-order chi connectivity index (χ1) is 10.9. The van der Waals surface area contributed by atoms with Gasteiger partial charge in [0, 0.05) is 26.1 Å². The number of guanidine groups is 1. The van der Waals surface area contributed by atoms with Crippen LogP contribution >= 0.6 is 0 Å². The van der Waals surface area contributed by atoms with Crippen LogP contribution in [-0.4, -0.2) is 42.4 Å². The minimum Gasteiger partial charge on any atom is -0.377 e. The third-order valence-corrected chi connectivity index (χ3v) is 4.03. The number of aliphatic imine (C=N–C) groups is 1. The van der Waals surface area contributed by atoms with Crippen molar-refractivity contribution >= 4 is 5.96 Å². The van der Waals surface area contributed by atoms with E-state index in [2.05, 4.69) is 46.5 Å². The predicted molar refractivity (Wildman–Crippen MR) is 89.2 cm³/mol. The summed E-state index contributed by atoms with van der Waals surface area (Å²) in [5.74, 6) is 2.41. The topological polar surface area (TPSA) is 84.6 Å². The summed E-state index contributed by atoms with van der Waals surface area (Å²) in [7, 11) is 1.76. The molecule has 0 amide bonds. The summed E-state index contributed by atoms with van der Waals surface area (Å²) >= 11 is 0. The Hall–Kier alpha value is -1.63. The molecule has 0 bridgehead atoms. The normalized spacial score (nSPS) is 22.9. The molecule has 2 atom stereocenters. The molecule has 1 aromatic rings. The van der Waals surface area contributed by atoms with Crippen molar-refractivity contribution in [1.29, 1.82) is 0 Å². The lowest BCUT2D eigenvalue weighted by molar-refractivity contribution is -0.0835. The first kappa shape index (κ1) is 17.7. The zero-order chi connectivity index (χ0) is 16.9. The summed E-state index contributed by atoms with van der Waals surface area (Å²) < 4.78 is 11.1. The molecular formula is C16H29N5O2. The molecule has 0 aliphatic carbocycles. The van der Waals surface area contributed by atoms with Gasteiger partial charge in [-0.15, -0.1) is 0 Å². The van der Waals surface area contributed by atoms with Gasteiger partial charge in [-0.3, -0.25) is 4.99 Å². The first-order valence-corrected chi connectivity index (χ1v) is 8.25. The highest BCUT2D eigenvalue weighted by molar-refractivity contribution is 5.79. The van der Waals surface area contributed by atoms with Gasteiger partial charge < -0.3 is 19.9 Å². The summed E-state index contributed by atoms with van der Waals surface area (Å²) in [5, 5.41) is 10.4. The van der Waals surface area contributed by atoms with Crippen molar-refractivity contribution in [3.63, 3.8) is 0 Å². The number of rotatable bonds is 4. The second-order valence-corrected chi connectivity index (χ2v) is 7.10. The largest absolute Gasteiger partial charge is 0.377 e. The Morgan fingerprint density at radius 2 is 2.13 bits per heavy atom. The number of ether oxygens (including phenoxy) is 1. The number of nitrogens with zero attached hydrogens (tertiary/aromatic N) is 3. The van der Waals surface area contributed by atoms with Crippen LogP contribution < -0.4 is 10.6 Å². The molecule has 1 aliphatic rings. The van der Waals surface area contributed by atoms with Crippen LogP contribution in [0.1, 0.15) is 45.3 Å². The SMILES string of the molecule is CN=C(NCc1nc(C)no1)NCC1CCCOC1C(C)(C)C. The lowest BCUT2D eigenvalue weighted by Crippen LogP contribution is -2.47. The summed E-state index contributed by atoms with van der Waals surface area (Å²) in [4.78, 5) is 8.41. The van der Waals surface area contributed by atoms with Crippen molar-refractivity contribution in [1.82, 2.24) is 20.8 Å². The molecule has 7 heteroatoms. The van der Waals surface area contributed by atoms with E-state index in [1.165, 1.54) is 6.42 Å². The van der Waals surface area contributed by atoms with Crippen LogP contribution in [-0.2, 0) is 11.3 Å². The molecule has 1 fully saturated rings. The van der Waals surface area contributed by atoms with E-state index in [0.29, 0.717) is 24.2 Å². The van der Waals surface area contributed by atoms with E-state index >= 15 is 0 Å². The quantitative estimate of drug-likeness (QED) is 0.650. The Kier molecular flexibility index (Phi) is 5.98. The van der Waals surface area contributed by atoms with Gasteiger partial charge in [0.1, 0.15) is 0 Å². The Morgan fingerprint density at radius 3 is 2.74 bits per heavy atom. The van der Waals surface area contributed by atoms with Gasteiger partial charge >= 0.3 is 0 Å². The van der Waals surface area contributed by atoms with Crippen molar-refractivity contribution in [2.24, 2.45) is 16.3 Å². The zero-order valence-electron chi connectivity index (χ0n) is 14.8. The fraction of sp³-hybridized carbons (Fsp3) is 0.812. The molecule has 0 spiro atoms. The Morgan fingerprint density at radius 1 is 1.35 bits per heavy atom. The van der Waals surface area contributed by atoms with Crippen molar-refractivity contribution in [3.8, 4) is 0 Å². The maximum atomic E-state index is 6.02. The minimum absolute atomic E-state index is 0.144. The second-order valence-electron chi connectivity index (χ2n) is 7.10. The van der Waals surface area contributed by atoms with Gasteiger partial charge in [-0.1, -0.05) is 25.9 Å². The van der Waals surface area contributed by atoms with E-state index in [4.69, 9.17) is 9.26 Å². The maximum Gasteiger partial charge on any atom is 0.246 e. The molecule has 0 aromatic carbocycles. The van der Waals surface area contributed by atoms with E-state index in [1.807, 2.05) is 0 Å². The highest BCUT2D eigenvalue weighted by Crippen LogP contribution is 2.33. The molecule has 7 nitrogen and oxygen atoms in total. The molecule has 130 valence electrons. The zero-order valence-corrected chi connectivity index (χ0v) is 14.8. The maximum absolute atomic E-state index is 6.02. The Labute approximate surface area is 138 Å². The number of hydrogen-bond acceptors (Lipinski definition) is 5. The molecule has 0 radical (unpaired) electrons. The summed E-state index contributed by atoms with van der Waals surface area (Å²) in [6, 6.07) is 0. The molecule has 2 unspecified atom stereocenters. The molecule has 1 saturated heterocycles. The monoisotopic (exact) mass is 323 g/mol. The van der Waals surface area contributed by atoms with Crippen LogP contribution in [0.25, 0.3) is 0 Å². The standard InChI is InChI=1S/C16H29N5O2/c1-11-20-13(23-21-11)10-19-15(17-5)18-9-12-7-6-8-22-14(12)16(2,3)4/h12,14H,6-10H2,1-5H3,(H2,17,18,19). The van der Waals surface area contributed by atoms with Gasteiger partial charge in [-0.2, -0.15) is 4.98 Å². The second kappa shape index (κ2) is 7.77. The molecular weight excluding hydrogens is 294 g/mol. The Balaban J connectivity index is 1.84. The van der Waals surface area contributed by atoms with Crippen molar-refractivity contribution in [2.75, 3.05) is 20.2 Å². The first-order valence-electron chi connectivity index (χ1n) is 8.25. The van der Waals surface area contributed by atoms with Crippen molar-refractivity contribution in [2.45, 2.75) is 53.2 Å². The van der Waals surface area contributed by atoms with E-state index < -0.39 is 0 Å². The fourth-order valence-corrected chi connectivity index (χ4v) is 3.03. The third kappa shape index (κ3) is 5.20. The van der Waals surface area contributed by atoms with Crippen LogP contribution in [0.2, 0.25) is 0 Å². The van der Waals surface area contributed by atoms with Gasteiger partial charge in [0.15, 0.2) is 11.8 Å². The highest BCUT2D eigenvalue weighted by Gasteiger charge is 2.35. The molecule has 2 rings (SSSR count). The average Bonchev–Trinajstić information content (AvgIpc) is 2.92. The molecule has 1 aliphatic heterocycles. The number of aromatic nitrogens is 2. The van der Waals surface area contributed by atoms with E-state index in [-0.39, 0.29) is 11.5 Å². The molecule has 2 N–H and O–H groups in total. The van der Waals surface area contributed by atoms with Crippen LogP contribution in [0, 0.1) is 18.3 Å². The lowest BCUT2D eigenvalue weighted by Gasteiger charge is -2.40. The number of hydrogen-bond donors (Lipinski definition) is 2. The predicted octanol–water partition coefficient (Wildman–Crippen LogP) is 1.88. The Bertz CT molecular complexity index is 521. The van der Waals surface area contributed by atoms with E-state index in [0.717, 1.165) is 25.5 Å². The number of nitrogens with one attached hydrogen (secondary N) is 2. The van der Waals surface area contributed by atoms with Gasteiger partial charge in [0.05, 0.1) is 12.6 Å². The summed E-state index contributed by atoms with van der Waals surface area (Å²) in [5.41, 5.74) is 0.144. The van der Waals surface area contributed by atoms with Crippen LogP contribution in [0.5, 0.6) is 0 Å². The number of aryl methyl sites for hydroxylation is 1. The van der Waals surface area contributed by atoms with Gasteiger partial charge in [-0.05, 0) is 25.2 Å². The molecule has 23 heavy (non-hydrogen) atoms. The summed E-state index contributed by atoms with van der Waals surface area (Å²) in [6.45, 7) is 10.7. The average molecular weight is 323 g/mol. The van der Waals surface area contributed by atoms with Crippen molar-refractivity contribution < 1.29 is 9.26 Å². The molecule has 2 heterocycles. The molecule has 0 saturated carbocycles. The van der Waals surface area contributed by atoms with Crippen LogP contribution in [0.15, 0.2) is 9.52 Å². The van der Waals surface area contributed by atoms with Crippen molar-refractivity contribution in [3.05, 3.63) is 11.7 Å².